The Balaban J connectivity index is 1.45. The molecule has 1 aliphatic rings. The highest BCUT2D eigenvalue weighted by Gasteiger charge is 2.20. The summed E-state index contributed by atoms with van der Waals surface area (Å²) in [4.78, 5) is 6.68. The molecule has 1 fully saturated rings. The van der Waals surface area contributed by atoms with Gasteiger partial charge < -0.3 is 14.6 Å². The van der Waals surface area contributed by atoms with E-state index < -0.39 is 0 Å². The Bertz CT molecular complexity index is 698. The minimum absolute atomic E-state index is 0.490. The van der Waals surface area contributed by atoms with Crippen molar-refractivity contribution in [3.05, 3.63) is 47.6 Å². The van der Waals surface area contributed by atoms with Crippen LogP contribution in [0.15, 0.2) is 34.9 Å². The van der Waals surface area contributed by atoms with Crippen molar-refractivity contribution < 1.29 is 9.26 Å². The molecule has 1 atom stereocenters. The van der Waals surface area contributed by atoms with E-state index in [1.54, 1.807) is 7.11 Å². The second-order valence-corrected chi connectivity index (χ2v) is 6.36. The number of nitrogens with zero attached hydrogens (tertiary/aromatic N) is 3. The van der Waals surface area contributed by atoms with Crippen LogP contribution in [0, 0.1) is 6.92 Å². The lowest BCUT2D eigenvalue weighted by Crippen LogP contribution is -2.45. The predicted molar refractivity (Wildman–Crippen MR) is 97.4 cm³/mol. The van der Waals surface area contributed by atoms with Crippen LogP contribution in [0.1, 0.15) is 30.1 Å². The van der Waals surface area contributed by atoms with Gasteiger partial charge in [-0.1, -0.05) is 35.5 Å². The topological polar surface area (TPSA) is 63.4 Å². The summed E-state index contributed by atoms with van der Waals surface area (Å²) in [5.41, 5.74) is 1.10. The van der Waals surface area contributed by atoms with Crippen LogP contribution in [-0.4, -0.2) is 47.8 Å². The van der Waals surface area contributed by atoms with Crippen molar-refractivity contribution >= 4 is 6.08 Å². The molecule has 1 aliphatic heterocycles. The van der Waals surface area contributed by atoms with Crippen molar-refractivity contribution in [3.8, 4) is 5.75 Å². The minimum Gasteiger partial charge on any atom is -0.496 e. The van der Waals surface area contributed by atoms with Gasteiger partial charge in [-0.05, 0) is 25.5 Å². The van der Waals surface area contributed by atoms with E-state index in [1.165, 1.54) is 12.8 Å². The summed E-state index contributed by atoms with van der Waals surface area (Å²) in [7, 11) is 1.70. The number of ether oxygens (including phenoxy) is 1. The van der Waals surface area contributed by atoms with Crippen LogP contribution in [0.5, 0.6) is 5.75 Å². The number of hydrogen-bond donors (Lipinski definition) is 1. The molecule has 0 radical (unpaired) electrons. The van der Waals surface area contributed by atoms with Crippen LogP contribution < -0.4 is 10.1 Å². The molecule has 0 unspecified atom stereocenters. The van der Waals surface area contributed by atoms with Crippen LogP contribution in [-0.2, 0) is 6.54 Å². The Labute approximate surface area is 148 Å². The average molecular weight is 342 g/mol. The molecule has 1 saturated heterocycles. The second-order valence-electron chi connectivity index (χ2n) is 6.36. The van der Waals surface area contributed by atoms with Crippen LogP contribution in [0.4, 0.5) is 0 Å². The summed E-state index contributed by atoms with van der Waals surface area (Å²) < 4.78 is 10.4. The van der Waals surface area contributed by atoms with E-state index in [0.717, 1.165) is 43.3 Å². The first-order chi connectivity index (χ1) is 12.2. The second kappa shape index (κ2) is 8.78. The maximum Gasteiger partial charge on any atom is 0.223 e. The van der Waals surface area contributed by atoms with Gasteiger partial charge in [0.2, 0.25) is 5.89 Å². The number of benzene rings is 1. The zero-order valence-electron chi connectivity index (χ0n) is 14.9. The fourth-order valence-corrected chi connectivity index (χ4v) is 3.20. The molecule has 0 bridgehead atoms. The highest BCUT2D eigenvalue weighted by molar-refractivity contribution is 5.57. The largest absolute Gasteiger partial charge is 0.496 e. The monoisotopic (exact) mass is 342 g/mol. The number of piperidine rings is 1. The van der Waals surface area contributed by atoms with E-state index in [-0.39, 0.29) is 0 Å². The van der Waals surface area contributed by atoms with Crippen molar-refractivity contribution in [3.63, 3.8) is 0 Å². The number of aryl methyl sites for hydroxylation is 1. The van der Waals surface area contributed by atoms with Gasteiger partial charge in [-0.2, -0.15) is 4.98 Å². The van der Waals surface area contributed by atoms with Gasteiger partial charge in [0.1, 0.15) is 5.75 Å². The van der Waals surface area contributed by atoms with Gasteiger partial charge in [-0.15, -0.1) is 0 Å². The van der Waals surface area contributed by atoms with Gasteiger partial charge in [0.25, 0.3) is 0 Å². The molecule has 6 heteroatoms. The molecule has 0 spiro atoms. The Morgan fingerprint density at radius 2 is 2.28 bits per heavy atom. The Morgan fingerprint density at radius 3 is 3.08 bits per heavy atom. The number of aromatic nitrogens is 2. The van der Waals surface area contributed by atoms with E-state index in [1.807, 2.05) is 25.1 Å². The molecule has 0 saturated carbocycles. The Morgan fingerprint density at radius 1 is 1.40 bits per heavy atom. The summed E-state index contributed by atoms with van der Waals surface area (Å²) in [6, 6.07) is 8.53. The molecule has 6 nitrogen and oxygen atoms in total. The smallest absolute Gasteiger partial charge is 0.223 e. The highest BCUT2D eigenvalue weighted by atomic mass is 16.5. The summed E-state index contributed by atoms with van der Waals surface area (Å²) in [6.07, 6.45) is 6.64. The number of likely N-dealkylation sites (tertiary alicyclic amines) is 1. The van der Waals surface area contributed by atoms with Gasteiger partial charge in [-0.25, -0.2) is 0 Å². The maximum absolute atomic E-state index is 5.37. The fourth-order valence-electron chi connectivity index (χ4n) is 3.20. The van der Waals surface area contributed by atoms with Gasteiger partial charge >= 0.3 is 0 Å². The van der Waals surface area contributed by atoms with E-state index >= 15 is 0 Å². The molecule has 134 valence electrons. The molecular weight excluding hydrogens is 316 g/mol. The normalized spacial score (nSPS) is 18.7. The standard InChI is InChI=1S/C19H26N4O2/c1-15-21-19(22-25-15)14-23-12-6-9-17(13-23)20-11-5-8-16-7-3-4-10-18(16)24-2/h3-5,7-8,10,17,20H,6,9,11-14H2,1-2H3/b8-5-/t17-/m1/s1. The Hall–Kier alpha value is -2.18. The maximum atomic E-state index is 5.37. The van der Waals surface area contributed by atoms with E-state index in [0.29, 0.717) is 11.9 Å². The first kappa shape index (κ1) is 17.6. The summed E-state index contributed by atoms with van der Waals surface area (Å²) in [5.74, 6) is 2.30. The number of methoxy groups -OCH3 is 1. The first-order valence-electron chi connectivity index (χ1n) is 8.79. The predicted octanol–water partition coefficient (Wildman–Crippen LogP) is 2.65. The molecule has 0 aliphatic carbocycles. The summed E-state index contributed by atoms with van der Waals surface area (Å²) in [5, 5.41) is 7.61. The third-order valence-electron chi connectivity index (χ3n) is 4.40. The summed E-state index contributed by atoms with van der Waals surface area (Å²) >= 11 is 0. The molecule has 1 aromatic heterocycles. The minimum atomic E-state index is 0.490. The third kappa shape index (κ3) is 5.14. The van der Waals surface area contributed by atoms with Crippen molar-refractivity contribution in [2.45, 2.75) is 32.4 Å². The molecule has 0 amide bonds. The van der Waals surface area contributed by atoms with Crippen LogP contribution in [0.25, 0.3) is 6.08 Å². The SMILES string of the molecule is COc1ccccc1/C=C\CN[C@@H]1CCCN(Cc2noc(C)n2)C1. The molecule has 1 aromatic carbocycles. The molecule has 1 N–H and O–H groups in total. The quantitative estimate of drug-likeness (QED) is 0.835. The van der Waals surface area contributed by atoms with Crippen LogP contribution in [0.3, 0.4) is 0 Å². The lowest BCUT2D eigenvalue weighted by atomic mass is 10.1. The lowest BCUT2D eigenvalue weighted by Gasteiger charge is -2.32. The zero-order valence-corrected chi connectivity index (χ0v) is 14.9. The van der Waals surface area contributed by atoms with Crippen molar-refractivity contribution in [2.24, 2.45) is 0 Å². The fraction of sp³-hybridized carbons (Fsp3) is 0.474. The molecule has 25 heavy (non-hydrogen) atoms. The lowest BCUT2D eigenvalue weighted by molar-refractivity contribution is 0.180. The molecule has 3 rings (SSSR count). The van der Waals surface area contributed by atoms with E-state index in [4.69, 9.17) is 9.26 Å². The number of rotatable bonds is 7. The third-order valence-corrected chi connectivity index (χ3v) is 4.40. The van der Waals surface area contributed by atoms with Gasteiger partial charge in [0, 0.05) is 31.6 Å². The number of nitrogens with one attached hydrogen (secondary N) is 1. The van der Waals surface area contributed by atoms with Gasteiger partial charge in [0.15, 0.2) is 5.82 Å². The van der Waals surface area contributed by atoms with Crippen LogP contribution >= 0.6 is 0 Å². The molecule has 2 heterocycles. The van der Waals surface area contributed by atoms with E-state index in [2.05, 4.69) is 38.6 Å². The number of para-hydroxylation sites is 1. The number of hydrogen-bond acceptors (Lipinski definition) is 6. The van der Waals surface area contributed by atoms with Crippen LogP contribution in [0.2, 0.25) is 0 Å². The molecular formula is C19H26N4O2. The first-order valence-corrected chi connectivity index (χ1v) is 8.79. The van der Waals surface area contributed by atoms with Gasteiger partial charge in [-0.3, -0.25) is 4.90 Å². The average Bonchev–Trinajstić information content (AvgIpc) is 3.04. The Kier molecular flexibility index (Phi) is 6.19. The summed E-state index contributed by atoms with van der Waals surface area (Å²) in [6.45, 7) is 5.52. The molecule has 2 aromatic rings. The van der Waals surface area contributed by atoms with Gasteiger partial charge in [0.05, 0.1) is 13.7 Å². The highest BCUT2D eigenvalue weighted by Crippen LogP contribution is 2.18. The van der Waals surface area contributed by atoms with Crippen molar-refractivity contribution in [2.75, 3.05) is 26.7 Å². The van der Waals surface area contributed by atoms with E-state index in [9.17, 15) is 0 Å². The van der Waals surface area contributed by atoms with Crippen molar-refractivity contribution in [1.29, 1.82) is 0 Å². The van der Waals surface area contributed by atoms with Crippen molar-refractivity contribution in [1.82, 2.24) is 20.4 Å². The zero-order chi connectivity index (χ0) is 17.5.